The van der Waals surface area contributed by atoms with Gasteiger partial charge in [-0.2, -0.15) is 0 Å². The summed E-state index contributed by atoms with van der Waals surface area (Å²) in [6.07, 6.45) is 2.39. The van der Waals surface area contributed by atoms with E-state index in [1.165, 1.54) is 12.0 Å². The Balaban J connectivity index is 0.000000383. The molecule has 0 saturated carbocycles. The third-order valence-electron chi connectivity index (χ3n) is 3.15. The van der Waals surface area contributed by atoms with Gasteiger partial charge in [-0.15, -0.1) is 0 Å². The summed E-state index contributed by atoms with van der Waals surface area (Å²) in [5.74, 6) is -0.829. The van der Waals surface area contributed by atoms with Crippen LogP contribution in [-0.2, 0) is 4.79 Å². The normalized spacial score (nSPS) is 18.3. The molecule has 21 heavy (non-hydrogen) atoms. The van der Waals surface area contributed by atoms with Crippen LogP contribution < -0.4 is 10.6 Å². The maximum atomic E-state index is 9.32. The molecule has 6 heteroatoms. The Morgan fingerprint density at radius 2 is 2.14 bits per heavy atom. The Bertz CT molecular complexity index is 450. The molecule has 0 aliphatic carbocycles. The summed E-state index contributed by atoms with van der Waals surface area (Å²) in [4.78, 5) is 10.3. The van der Waals surface area contributed by atoms with E-state index >= 15 is 0 Å². The van der Waals surface area contributed by atoms with Crippen molar-refractivity contribution in [2.24, 2.45) is 0 Å². The number of carbonyl (C=O) groups is 1. The molecule has 0 aromatic heterocycles. The lowest BCUT2D eigenvalue weighted by atomic mass is 10.1. The van der Waals surface area contributed by atoms with E-state index in [4.69, 9.17) is 17.3 Å². The summed E-state index contributed by atoms with van der Waals surface area (Å²) in [6.45, 7) is 3.24. The van der Waals surface area contributed by atoms with E-state index in [1.807, 2.05) is 6.07 Å². The molecular formula is C15H21BrN2O2S. The van der Waals surface area contributed by atoms with Crippen LogP contribution in [0.3, 0.4) is 0 Å². The molecule has 1 aromatic carbocycles. The molecule has 1 aliphatic rings. The fraction of sp³-hybridized carbons (Fsp3) is 0.467. The maximum Gasteiger partial charge on any atom is 0.314 e. The standard InChI is InChI=1S/C13H18N2S.C2H3BrO2/c1-10(11-6-3-2-4-7-11)15-13(16)12-8-5-9-14-12;3-1-2(4)5/h2-4,6-7,10,12,14H,5,8-9H2,1H3,(H,15,16);1H2,(H,4,5)/t10-,12+;/m1./s1. The molecule has 0 spiro atoms. The van der Waals surface area contributed by atoms with Crippen LogP contribution in [0.1, 0.15) is 31.4 Å². The Morgan fingerprint density at radius 1 is 1.52 bits per heavy atom. The van der Waals surface area contributed by atoms with Crippen molar-refractivity contribution in [3.63, 3.8) is 0 Å². The molecule has 0 unspecified atom stereocenters. The van der Waals surface area contributed by atoms with Crippen molar-refractivity contribution >= 4 is 39.1 Å². The molecule has 2 atom stereocenters. The number of alkyl halides is 1. The average molecular weight is 373 g/mol. The van der Waals surface area contributed by atoms with Crippen molar-refractivity contribution in [3.05, 3.63) is 35.9 Å². The highest BCUT2D eigenvalue weighted by Crippen LogP contribution is 2.13. The van der Waals surface area contributed by atoms with Gasteiger partial charge >= 0.3 is 5.97 Å². The third kappa shape index (κ3) is 7.02. The van der Waals surface area contributed by atoms with E-state index in [9.17, 15) is 4.79 Å². The van der Waals surface area contributed by atoms with E-state index in [0.717, 1.165) is 18.0 Å². The number of hydrogen-bond acceptors (Lipinski definition) is 3. The van der Waals surface area contributed by atoms with Crippen molar-refractivity contribution in [1.82, 2.24) is 10.6 Å². The lowest BCUT2D eigenvalue weighted by molar-refractivity contribution is -0.133. The second-order valence-electron chi connectivity index (χ2n) is 4.82. The minimum Gasteiger partial charge on any atom is -0.481 e. The first-order chi connectivity index (χ1) is 10.0. The van der Waals surface area contributed by atoms with Crippen molar-refractivity contribution in [2.45, 2.75) is 31.8 Å². The summed E-state index contributed by atoms with van der Waals surface area (Å²) in [6, 6.07) is 11.1. The smallest absolute Gasteiger partial charge is 0.314 e. The van der Waals surface area contributed by atoms with Gasteiger partial charge in [-0.1, -0.05) is 58.5 Å². The van der Waals surface area contributed by atoms with Crippen molar-refractivity contribution in [2.75, 3.05) is 11.9 Å². The maximum absolute atomic E-state index is 9.32. The zero-order valence-corrected chi connectivity index (χ0v) is 14.4. The van der Waals surface area contributed by atoms with Gasteiger partial charge in [0.25, 0.3) is 0 Å². The molecule has 116 valence electrons. The number of rotatable bonds is 4. The first-order valence-corrected chi connectivity index (χ1v) is 8.44. The second-order valence-corrected chi connectivity index (χ2v) is 5.82. The molecule has 0 amide bonds. The van der Waals surface area contributed by atoms with Gasteiger partial charge in [0.15, 0.2) is 0 Å². The first kappa shape index (κ1) is 18.1. The SMILES string of the molecule is C[C@@H](NC(=S)[C@@H]1CCCN1)c1ccccc1.O=C(O)CBr. The molecule has 1 heterocycles. The molecule has 0 radical (unpaired) electrons. The summed E-state index contributed by atoms with van der Waals surface area (Å²) in [7, 11) is 0. The van der Waals surface area contributed by atoms with E-state index in [-0.39, 0.29) is 11.4 Å². The number of halogens is 1. The number of aliphatic carboxylic acids is 1. The highest BCUT2D eigenvalue weighted by molar-refractivity contribution is 9.09. The summed E-state index contributed by atoms with van der Waals surface area (Å²) < 4.78 is 0. The van der Waals surface area contributed by atoms with Crippen LogP contribution >= 0.6 is 28.1 Å². The number of benzene rings is 1. The first-order valence-electron chi connectivity index (χ1n) is 6.91. The van der Waals surface area contributed by atoms with Gasteiger partial charge in [-0.25, -0.2) is 0 Å². The van der Waals surface area contributed by atoms with E-state index in [1.54, 1.807) is 0 Å². The number of carboxylic acid groups (broad SMARTS) is 1. The topological polar surface area (TPSA) is 61.4 Å². The van der Waals surface area contributed by atoms with Crippen LogP contribution in [-0.4, -0.2) is 34.0 Å². The van der Waals surface area contributed by atoms with E-state index in [0.29, 0.717) is 6.04 Å². The molecular weight excluding hydrogens is 352 g/mol. The number of hydrogen-bond donors (Lipinski definition) is 3. The average Bonchev–Trinajstić information content (AvgIpc) is 3.03. The molecule has 0 bridgehead atoms. The van der Waals surface area contributed by atoms with Crippen LogP contribution in [0.4, 0.5) is 0 Å². The zero-order valence-electron chi connectivity index (χ0n) is 12.0. The highest BCUT2D eigenvalue weighted by Gasteiger charge is 2.19. The summed E-state index contributed by atoms with van der Waals surface area (Å²) in [5.41, 5.74) is 1.28. The van der Waals surface area contributed by atoms with Crippen LogP contribution in [0.25, 0.3) is 0 Å². The number of thiocarbonyl (C=S) groups is 1. The van der Waals surface area contributed by atoms with Gasteiger partial charge in [-0.05, 0) is 31.9 Å². The molecule has 3 N–H and O–H groups in total. The third-order valence-corrected chi connectivity index (χ3v) is 4.03. The van der Waals surface area contributed by atoms with Gasteiger partial charge in [-0.3, -0.25) is 4.79 Å². The van der Waals surface area contributed by atoms with Gasteiger partial charge in [0.05, 0.1) is 11.0 Å². The van der Waals surface area contributed by atoms with Crippen LogP contribution in [0.5, 0.6) is 0 Å². The predicted octanol–water partition coefficient (Wildman–Crippen LogP) is 2.88. The van der Waals surface area contributed by atoms with Gasteiger partial charge in [0, 0.05) is 6.04 Å². The summed E-state index contributed by atoms with van der Waals surface area (Å²) >= 11 is 8.13. The van der Waals surface area contributed by atoms with E-state index < -0.39 is 5.97 Å². The van der Waals surface area contributed by atoms with Crippen LogP contribution in [0.15, 0.2) is 30.3 Å². The van der Waals surface area contributed by atoms with Gasteiger partial charge in [0.2, 0.25) is 0 Å². The van der Waals surface area contributed by atoms with Crippen molar-refractivity contribution < 1.29 is 9.90 Å². The second kappa shape index (κ2) is 9.87. The lowest BCUT2D eigenvalue weighted by Gasteiger charge is -2.20. The summed E-state index contributed by atoms with van der Waals surface area (Å²) in [5, 5.41) is 14.5. The lowest BCUT2D eigenvalue weighted by Crippen LogP contribution is -2.40. The Morgan fingerprint density at radius 3 is 2.62 bits per heavy atom. The molecule has 1 aromatic rings. The zero-order chi connectivity index (χ0) is 15.7. The number of carboxylic acids is 1. The monoisotopic (exact) mass is 372 g/mol. The minimum absolute atomic E-state index is 0.0347. The van der Waals surface area contributed by atoms with Gasteiger partial charge in [0.1, 0.15) is 5.33 Å². The predicted molar refractivity (Wildman–Crippen MR) is 93.0 cm³/mol. The largest absolute Gasteiger partial charge is 0.481 e. The molecule has 2 rings (SSSR count). The Hall–Kier alpha value is -0.980. The van der Waals surface area contributed by atoms with Gasteiger partial charge < -0.3 is 15.7 Å². The van der Waals surface area contributed by atoms with Crippen molar-refractivity contribution in [1.29, 1.82) is 0 Å². The Labute approximate surface area is 139 Å². The van der Waals surface area contributed by atoms with Crippen LogP contribution in [0.2, 0.25) is 0 Å². The molecule has 1 saturated heterocycles. The fourth-order valence-electron chi connectivity index (χ4n) is 2.05. The molecule has 1 aliphatic heterocycles. The van der Waals surface area contributed by atoms with Crippen LogP contribution in [0, 0.1) is 0 Å². The Kier molecular flexibility index (Phi) is 8.49. The fourth-order valence-corrected chi connectivity index (χ4v) is 2.43. The van der Waals surface area contributed by atoms with Crippen molar-refractivity contribution in [3.8, 4) is 0 Å². The molecule has 4 nitrogen and oxygen atoms in total. The molecule has 1 fully saturated rings. The quantitative estimate of drug-likeness (QED) is 0.560. The minimum atomic E-state index is -0.829. The number of nitrogens with one attached hydrogen (secondary N) is 2. The highest BCUT2D eigenvalue weighted by atomic mass is 79.9. The van der Waals surface area contributed by atoms with E-state index in [2.05, 4.69) is 57.8 Å².